The Hall–Kier alpha value is -1.74. The van der Waals surface area contributed by atoms with Crippen molar-refractivity contribution in [3.05, 3.63) is 40.1 Å². The number of fused-ring (bicyclic) bond motifs is 12. The van der Waals surface area contributed by atoms with Gasteiger partial charge in [-0.15, -0.1) is 0 Å². The van der Waals surface area contributed by atoms with Gasteiger partial charge in [0.2, 0.25) is 0 Å². The molecule has 0 radical (unpaired) electrons. The highest BCUT2D eigenvalue weighted by molar-refractivity contribution is 5.93. The van der Waals surface area contributed by atoms with Crippen LogP contribution in [0.15, 0.2) is 17.7 Å². The third-order valence-electron chi connectivity index (χ3n) is 15.8. The second kappa shape index (κ2) is 9.24. The quantitative estimate of drug-likeness (QED) is 0.321. The summed E-state index contributed by atoms with van der Waals surface area (Å²) in [7, 11) is 0. The standard InChI is InChI=1S/C42H57NO6/c1-21(2)17-30-46-32-34(38(7,8)47-30)45-29-14-15-39(9)40(10)23(13-16-41(39,44)42(29)35(32)48-42)19-25-31-24-20-27-26(36(3,4)49-37(27,5)6)18-22(24)11-12-28(31)43-33(25)40/h11-12,18,21,23,27,29-30,32,34-35,43-44H,13-17,19-20H2,1-10H3/t23?,27?,29?,30-,32+,34-,35+,39+,40+,41-,42-/m0/s1. The maximum atomic E-state index is 13.5. The van der Waals surface area contributed by atoms with E-state index in [1.165, 1.54) is 38.9 Å². The Kier molecular flexibility index (Phi) is 6.03. The fraction of sp³-hybridized carbons (Fsp3) is 0.762. The fourth-order valence-electron chi connectivity index (χ4n) is 13.3. The Morgan fingerprint density at radius 1 is 0.878 bits per heavy atom. The predicted molar refractivity (Wildman–Crippen MR) is 188 cm³/mol. The topological polar surface area (TPSA) is 85.5 Å². The number of hydrogen-bond donors (Lipinski definition) is 2. The summed E-state index contributed by atoms with van der Waals surface area (Å²) < 4.78 is 33.8. The first-order chi connectivity index (χ1) is 22.9. The van der Waals surface area contributed by atoms with E-state index >= 15 is 0 Å². The van der Waals surface area contributed by atoms with E-state index in [1.807, 2.05) is 0 Å². The number of aromatic nitrogens is 1. The predicted octanol–water partition coefficient (Wildman–Crippen LogP) is 7.54. The zero-order valence-corrected chi connectivity index (χ0v) is 31.3. The molecule has 4 aliphatic heterocycles. The summed E-state index contributed by atoms with van der Waals surface area (Å²) in [6.07, 6.45) is 7.58. The first-order valence-electron chi connectivity index (χ1n) is 19.4. The van der Waals surface area contributed by atoms with Gasteiger partial charge in [0.1, 0.15) is 23.9 Å². The van der Waals surface area contributed by atoms with Gasteiger partial charge in [-0.1, -0.05) is 39.8 Å². The van der Waals surface area contributed by atoms with Gasteiger partial charge in [-0.3, -0.25) is 0 Å². The molecular weight excluding hydrogens is 614 g/mol. The molecule has 2 aromatic rings. The van der Waals surface area contributed by atoms with Crippen molar-refractivity contribution in [1.29, 1.82) is 0 Å². The monoisotopic (exact) mass is 671 g/mol. The van der Waals surface area contributed by atoms with E-state index in [0.717, 1.165) is 44.9 Å². The van der Waals surface area contributed by atoms with Crippen LogP contribution < -0.4 is 0 Å². The van der Waals surface area contributed by atoms with Crippen LogP contribution in [-0.2, 0) is 41.9 Å². The van der Waals surface area contributed by atoms with Crippen molar-refractivity contribution in [3.8, 4) is 0 Å². The summed E-state index contributed by atoms with van der Waals surface area (Å²) >= 11 is 0. The molecule has 10 rings (SSSR count). The molecule has 3 unspecified atom stereocenters. The van der Waals surface area contributed by atoms with Crippen LogP contribution in [0.1, 0.15) is 124 Å². The second-order valence-corrected chi connectivity index (χ2v) is 19.7. The Morgan fingerprint density at radius 2 is 1.65 bits per heavy atom. The van der Waals surface area contributed by atoms with E-state index in [0.29, 0.717) is 17.8 Å². The van der Waals surface area contributed by atoms with Crippen LogP contribution in [0.25, 0.3) is 17.0 Å². The van der Waals surface area contributed by atoms with Gasteiger partial charge >= 0.3 is 0 Å². The third kappa shape index (κ3) is 3.62. The van der Waals surface area contributed by atoms with Gasteiger partial charge in [0.15, 0.2) is 11.9 Å². The minimum atomic E-state index is -1.05. The molecule has 5 heterocycles. The van der Waals surface area contributed by atoms with Crippen LogP contribution in [0, 0.1) is 23.2 Å². The number of ether oxygens (including phenoxy) is 5. The number of benzene rings is 1. The lowest BCUT2D eigenvalue weighted by Gasteiger charge is -2.66. The van der Waals surface area contributed by atoms with E-state index in [1.54, 1.807) is 0 Å². The lowest BCUT2D eigenvalue weighted by molar-refractivity contribution is -0.355. The number of rotatable bonds is 2. The molecule has 8 aliphatic rings. The number of aromatic amines is 1. The molecule has 0 bridgehead atoms. The van der Waals surface area contributed by atoms with E-state index in [4.69, 9.17) is 23.7 Å². The molecule has 6 fully saturated rings. The van der Waals surface area contributed by atoms with Crippen molar-refractivity contribution in [2.45, 2.75) is 178 Å². The van der Waals surface area contributed by atoms with Crippen LogP contribution in [0.5, 0.6) is 0 Å². The molecule has 1 spiro atoms. The van der Waals surface area contributed by atoms with E-state index in [9.17, 15) is 5.11 Å². The largest absolute Gasteiger partial charge is 0.386 e. The Bertz CT molecular complexity index is 1820. The summed E-state index contributed by atoms with van der Waals surface area (Å²) in [6, 6.07) is 4.62. The zero-order chi connectivity index (χ0) is 34.5. The molecule has 4 saturated heterocycles. The molecule has 11 atom stereocenters. The highest BCUT2D eigenvalue weighted by Gasteiger charge is 2.87. The second-order valence-electron chi connectivity index (χ2n) is 19.7. The molecule has 2 N–H and O–H groups in total. The van der Waals surface area contributed by atoms with Gasteiger partial charge in [0.05, 0.1) is 22.9 Å². The molecule has 7 heteroatoms. The molecular formula is C42H57NO6. The van der Waals surface area contributed by atoms with Crippen molar-refractivity contribution >= 4 is 17.0 Å². The van der Waals surface area contributed by atoms with Crippen LogP contribution >= 0.6 is 0 Å². The summed E-state index contributed by atoms with van der Waals surface area (Å²) in [4.78, 5) is 4.04. The molecule has 1 aromatic heterocycles. The third-order valence-corrected chi connectivity index (χ3v) is 15.8. The maximum absolute atomic E-state index is 13.5. The van der Waals surface area contributed by atoms with Crippen molar-refractivity contribution < 1.29 is 28.8 Å². The number of aliphatic hydroxyl groups is 1. The highest BCUT2D eigenvalue weighted by Crippen LogP contribution is 2.75. The van der Waals surface area contributed by atoms with Gasteiger partial charge in [-0.25, -0.2) is 0 Å². The normalized spacial score (nSPS) is 47.6. The first kappa shape index (κ1) is 32.0. The van der Waals surface area contributed by atoms with Crippen LogP contribution in [-0.4, -0.2) is 68.8 Å². The van der Waals surface area contributed by atoms with Crippen molar-refractivity contribution in [2.75, 3.05) is 0 Å². The minimum absolute atomic E-state index is 0.178. The molecule has 4 aliphatic carbocycles. The number of nitrogens with one attached hydrogen (secondary N) is 1. The summed E-state index contributed by atoms with van der Waals surface area (Å²) in [5.74, 6) is 1.26. The number of epoxide rings is 1. The Labute approximate surface area is 291 Å². The smallest absolute Gasteiger partial charge is 0.159 e. The van der Waals surface area contributed by atoms with Gasteiger partial charge in [-0.05, 0) is 120 Å². The molecule has 49 heavy (non-hydrogen) atoms. The van der Waals surface area contributed by atoms with Gasteiger partial charge in [0.25, 0.3) is 0 Å². The lowest BCUT2D eigenvalue weighted by Crippen LogP contribution is -2.77. The fourth-order valence-corrected chi connectivity index (χ4v) is 13.3. The molecule has 2 saturated carbocycles. The summed E-state index contributed by atoms with van der Waals surface area (Å²) in [5, 5.41) is 14.9. The number of hydrogen-bond acceptors (Lipinski definition) is 6. The minimum Gasteiger partial charge on any atom is -0.386 e. The SMILES string of the molecule is CC(C)C[C@H]1O[C@H]2[C@H]3O[C@@]34C(CC[C@@]3(C)[C@@]4(O)CCC4Cc5c([nH]c6ccc7c(c56)CC5C(=C7)C(C)(C)OC5(C)C)[C@@]43C)O[C@@H]2C(C)(C)O1. The number of H-pyrrole nitrogens is 1. The Balaban J connectivity index is 1.06. The van der Waals surface area contributed by atoms with E-state index < -0.39 is 22.2 Å². The molecule has 1 aromatic carbocycles. The first-order valence-corrected chi connectivity index (χ1v) is 19.4. The lowest BCUT2D eigenvalue weighted by atomic mass is 9.40. The summed E-state index contributed by atoms with van der Waals surface area (Å²) in [6.45, 7) is 22.5. The van der Waals surface area contributed by atoms with Crippen molar-refractivity contribution in [3.63, 3.8) is 0 Å². The van der Waals surface area contributed by atoms with Crippen molar-refractivity contribution in [2.24, 2.45) is 23.2 Å². The maximum Gasteiger partial charge on any atom is 0.159 e. The van der Waals surface area contributed by atoms with Gasteiger partial charge in [0, 0.05) is 39.8 Å². The van der Waals surface area contributed by atoms with Crippen LogP contribution in [0.2, 0.25) is 0 Å². The zero-order valence-electron chi connectivity index (χ0n) is 31.3. The average molecular weight is 672 g/mol. The van der Waals surface area contributed by atoms with E-state index in [-0.39, 0.29) is 47.3 Å². The highest BCUT2D eigenvalue weighted by atomic mass is 16.8. The molecule has 7 nitrogen and oxygen atoms in total. The molecule has 266 valence electrons. The van der Waals surface area contributed by atoms with Crippen molar-refractivity contribution in [1.82, 2.24) is 4.98 Å². The van der Waals surface area contributed by atoms with E-state index in [2.05, 4.69) is 92.4 Å². The Morgan fingerprint density at radius 3 is 2.41 bits per heavy atom. The average Bonchev–Trinajstić information content (AvgIpc) is 3.51. The van der Waals surface area contributed by atoms with Gasteiger partial charge < -0.3 is 33.8 Å². The van der Waals surface area contributed by atoms with Gasteiger partial charge in [-0.2, -0.15) is 0 Å². The summed E-state index contributed by atoms with van der Waals surface area (Å²) in [5.41, 5.74) is 4.88. The van der Waals surface area contributed by atoms with Crippen LogP contribution in [0.3, 0.4) is 0 Å². The molecule has 0 amide bonds. The van der Waals surface area contributed by atoms with Crippen LogP contribution in [0.4, 0.5) is 0 Å².